The van der Waals surface area contributed by atoms with Crippen LogP contribution < -0.4 is 4.90 Å². The number of nitrogens with zero attached hydrogens (tertiary/aromatic N) is 2. The van der Waals surface area contributed by atoms with Crippen LogP contribution in [0.1, 0.15) is 30.5 Å². The van der Waals surface area contributed by atoms with Crippen LogP contribution in [-0.4, -0.2) is 28.3 Å². The van der Waals surface area contributed by atoms with Gasteiger partial charge in [-0.3, -0.25) is 14.5 Å². The van der Waals surface area contributed by atoms with Gasteiger partial charge in [0.1, 0.15) is 0 Å². The number of carbonyl (C=O) groups excluding carboxylic acids is 2. The number of ether oxygens (including phenoxy) is 1. The third-order valence-corrected chi connectivity index (χ3v) is 8.81. The number of thioether (sulfide) groups is 1. The molecule has 4 aromatic carbocycles. The summed E-state index contributed by atoms with van der Waals surface area (Å²) >= 11 is 6.49. The number of anilines is 3. The Labute approximate surface area is 243 Å². The van der Waals surface area contributed by atoms with Gasteiger partial charge in [-0.2, -0.15) is 0 Å². The second kappa shape index (κ2) is 10.4. The number of hydrogen-bond acceptors (Lipinski definition) is 6. The molecule has 1 saturated heterocycles. The van der Waals surface area contributed by atoms with E-state index < -0.39 is 0 Å². The zero-order chi connectivity index (χ0) is 27.9. The molecule has 0 aromatic heterocycles. The molecule has 0 radical (unpaired) electrons. The van der Waals surface area contributed by atoms with Crippen molar-refractivity contribution in [2.75, 3.05) is 11.6 Å². The summed E-state index contributed by atoms with van der Waals surface area (Å²) in [6.07, 6.45) is 1.81. The topological polar surface area (TPSA) is 49.9 Å². The van der Waals surface area contributed by atoms with E-state index in [1.165, 1.54) is 38.9 Å². The summed E-state index contributed by atoms with van der Waals surface area (Å²) in [6, 6.07) is 33.8. The second-order valence-electron chi connectivity index (χ2n) is 10.2. The molecule has 0 saturated carbocycles. The molecule has 5 nitrogen and oxygen atoms in total. The standard InChI is InChI=1S/C33H26N2O3S2/c1-33(2)28-11-7-6-10-26(28)27-17-16-25(19-29(27)33)35(23-8-4-3-5-9-23)24-14-12-22(13-15-24)18-30-31(37)34(20-38-21-36)32(39)40-30/h3-19,21H,20H2,1-2H3/b30-18+. The first kappa shape index (κ1) is 26.0. The average Bonchev–Trinajstić information content (AvgIpc) is 3.37. The van der Waals surface area contributed by atoms with Crippen molar-refractivity contribution in [3.05, 3.63) is 119 Å². The summed E-state index contributed by atoms with van der Waals surface area (Å²) in [5, 5.41) is 0. The Bertz CT molecular complexity index is 1660. The quantitative estimate of drug-likeness (QED) is 0.130. The van der Waals surface area contributed by atoms with Gasteiger partial charge < -0.3 is 9.64 Å². The second-order valence-corrected chi connectivity index (χ2v) is 11.8. The molecular weight excluding hydrogens is 537 g/mol. The van der Waals surface area contributed by atoms with Crippen LogP contribution in [0.15, 0.2) is 102 Å². The molecule has 0 atom stereocenters. The average molecular weight is 563 g/mol. The molecule has 1 amide bonds. The Morgan fingerprint density at radius 3 is 2.25 bits per heavy atom. The summed E-state index contributed by atoms with van der Waals surface area (Å²) in [4.78, 5) is 27.3. The number of fused-ring (bicyclic) bond motifs is 3. The van der Waals surface area contributed by atoms with E-state index in [4.69, 9.17) is 17.0 Å². The minimum absolute atomic E-state index is 0.100. The first-order chi connectivity index (χ1) is 19.4. The molecule has 1 fully saturated rings. The Kier molecular flexibility index (Phi) is 6.78. The van der Waals surface area contributed by atoms with Crippen molar-refractivity contribution in [3.63, 3.8) is 0 Å². The molecule has 0 N–H and O–H groups in total. The summed E-state index contributed by atoms with van der Waals surface area (Å²) in [6.45, 7) is 4.70. The van der Waals surface area contributed by atoms with Crippen molar-refractivity contribution in [2.45, 2.75) is 19.3 Å². The molecule has 1 aliphatic heterocycles. The molecule has 198 valence electrons. The van der Waals surface area contributed by atoms with E-state index in [-0.39, 0.29) is 18.1 Å². The number of amides is 1. The summed E-state index contributed by atoms with van der Waals surface area (Å²) in [7, 11) is 0. The highest BCUT2D eigenvalue weighted by Crippen LogP contribution is 2.50. The summed E-state index contributed by atoms with van der Waals surface area (Å²) in [5.74, 6) is -0.270. The number of carbonyl (C=O) groups is 2. The SMILES string of the molecule is CC1(C)c2ccccc2-c2ccc(N(c3ccccc3)c3ccc(/C=C4/SC(=S)N(COC=O)C4=O)cc3)cc21. The molecule has 0 bridgehead atoms. The van der Waals surface area contributed by atoms with Gasteiger partial charge in [0.2, 0.25) is 0 Å². The monoisotopic (exact) mass is 562 g/mol. The predicted octanol–water partition coefficient (Wildman–Crippen LogP) is 7.79. The third-order valence-electron chi connectivity index (χ3n) is 7.43. The highest BCUT2D eigenvalue weighted by Gasteiger charge is 2.36. The zero-order valence-electron chi connectivity index (χ0n) is 22.0. The number of rotatable bonds is 7. The highest BCUT2D eigenvalue weighted by molar-refractivity contribution is 8.26. The lowest BCUT2D eigenvalue weighted by molar-refractivity contribution is -0.135. The largest absolute Gasteiger partial charge is 0.446 e. The Morgan fingerprint density at radius 1 is 0.850 bits per heavy atom. The maximum Gasteiger partial charge on any atom is 0.294 e. The number of hydrogen-bond donors (Lipinski definition) is 0. The van der Waals surface area contributed by atoms with Crippen LogP contribution in [0.25, 0.3) is 17.2 Å². The molecule has 7 heteroatoms. The van der Waals surface area contributed by atoms with E-state index in [2.05, 4.69) is 85.5 Å². The van der Waals surface area contributed by atoms with Gasteiger partial charge >= 0.3 is 0 Å². The first-order valence-corrected chi connectivity index (χ1v) is 14.1. The molecule has 1 heterocycles. The summed E-state index contributed by atoms with van der Waals surface area (Å²) in [5.41, 5.74) is 9.15. The number of thiocarbonyl (C=S) groups is 1. The van der Waals surface area contributed by atoms with E-state index in [1.54, 1.807) is 0 Å². The van der Waals surface area contributed by atoms with Crippen molar-refractivity contribution in [2.24, 2.45) is 0 Å². The van der Waals surface area contributed by atoms with E-state index in [9.17, 15) is 9.59 Å². The first-order valence-electron chi connectivity index (χ1n) is 12.9. The molecule has 2 aliphatic rings. The van der Waals surface area contributed by atoms with Crippen molar-refractivity contribution >= 4 is 63.8 Å². The smallest absolute Gasteiger partial charge is 0.294 e. The fourth-order valence-corrected chi connectivity index (χ4v) is 6.67. The molecule has 4 aromatic rings. The lowest BCUT2D eigenvalue weighted by atomic mass is 9.82. The summed E-state index contributed by atoms with van der Waals surface area (Å²) < 4.78 is 5.10. The Hall–Kier alpha value is -4.20. The van der Waals surface area contributed by atoms with E-state index in [1.807, 2.05) is 36.4 Å². The molecule has 0 spiro atoms. The van der Waals surface area contributed by atoms with Crippen LogP contribution in [0, 0.1) is 0 Å². The lowest BCUT2D eigenvalue weighted by Crippen LogP contribution is -2.30. The fourth-order valence-electron chi connectivity index (χ4n) is 5.44. The van der Waals surface area contributed by atoms with Crippen molar-refractivity contribution in [1.29, 1.82) is 0 Å². The van der Waals surface area contributed by atoms with Gasteiger partial charge in [0, 0.05) is 22.5 Å². The van der Waals surface area contributed by atoms with Gasteiger partial charge in [0.15, 0.2) is 11.1 Å². The Morgan fingerprint density at radius 2 is 1.50 bits per heavy atom. The Balaban J connectivity index is 1.36. The maximum atomic E-state index is 12.7. The van der Waals surface area contributed by atoms with Gasteiger partial charge in [-0.1, -0.05) is 98.5 Å². The molecule has 0 unspecified atom stereocenters. The van der Waals surface area contributed by atoms with Crippen LogP contribution in [0.5, 0.6) is 0 Å². The van der Waals surface area contributed by atoms with Crippen molar-refractivity contribution in [3.8, 4) is 11.1 Å². The molecule has 40 heavy (non-hydrogen) atoms. The number of benzene rings is 4. The minimum Gasteiger partial charge on any atom is -0.446 e. The van der Waals surface area contributed by atoms with Crippen LogP contribution in [0.4, 0.5) is 17.1 Å². The van der Waals surface area contributed by atoms with Gasteiger partial charge in [-0.15, -0.1) is 0 Å². The van der Waals surface area contributed by atoms with Crippen molar-refractivity contribution < 1.29 is 14.3 Å². The van der Waals surface area contributed by atoms with E-state index in [0.717, 1.165) is 22.6 Å². The van der Waals surface area contributed by atoms with Gasteiger partial charge in [0.25, 0.3) is 12.4 Å². The van der Waals surface area contributed by atoms with Gasteiger partial charge in [0.05, 0.1) is 4.91 Å². The minimum atomic E-state index is -0.270. The number of para-hydroxylation sites is 1. The van der Waals surface area contributed by atoms with E-state index >= 15 is 0 Å². The van der Waals surface area contributed by atoms with Gasteiger partial charge in [-0.25, -0.2) is 0 Å². The highest BCUT2D eigenvalue weighted by atomic mass is 32.2. The lowest BCUT2D eigenvalue weighted by Gasteiger charge is -2.28. The predicted molar refractivity (Wildman–Crippen MR) is 166 cm³/mol. The third kappa shape index (κ3) is 4.51. The van der Waals surface area contributed by atoms with Crippen LogP contribution in [0.3, 0.4) is 0 Å². The normalized spacial score (nSPS) is 16.1. The van der Waals surface area contributed by atoms with E-state index in [0.29, 0.717) is 15.7 Å². The molecule has 1 aliphatic carbocycles. The zero-order valence-corrected chi connectivity index (χ0v) is 23.7. The molecular formula is C33H26N2O3S2. The van der Waals surface area contributed by atoms with Crippen LogP contribution >= 0.6 is 24.0 Å². The molecule has 6 rings (SSSR count). The van der Waals surface area contributed by atoms with Crippen molar-refractivity contribution in [1.82, 2.24) is 4.90 Å². The van der Waals surface area contributed by atoms with Crippen LogP contribution in [-0.2, 0) is 19.7 Å². The fraction of sp³-hybridized carbons (Fsp3) is 0.121. The van der Waals surface area contributed by atoms with Crippen LogP contribution in [0.2, 0.25) is 0 Å². The maximum absolute atomic E-state index is 12.7. The van der Waals surface area contributed by atoms with Gasteiger partial charge in [-0.05, 0) is 70.3 Å².